The largest absolute Gasteiger partial charge is 0.313 e. The van der Waals surface area contributed by atoms with Crippen molar-refractivity contribution >= 4 is 27.5 Å². The van der Waals surface area contributed by atoms with E-state index in [4.69, 9.17) is 11.6 Å². The molecule has 0 amide bonds. The molecule has 1 unspecified atom stereocenters. The molecule has 0 aliphatic heterocycles. The van der Waals surface area contributed by atoms with Gasteiger partial charge in [-0.15, -0.1) is 0 Å². The van der Waals surface area contributed by atoms with Crippen LogP contribution in [0, 0.1) is 5.41 Å². The van der Waals surface area contributed by atoms with E-state index in [1.165, 1.54) is 12.0 Å². The summed E-state index contributed by atoms with van der Waals surface area (Å²) in [5.74, 6) is 0. The van der Waals surface area contributed by atoms with Crippen molar-refractivity contribution in [3.05, 3.63) is 33.3 Å². The molecule has 0 spiro atoms. The minimum Gasteiger partial charge on any atom is -0.313 e. The average Bonchev–Trinajstić information content (AvgIpc) is 2.22. The molecule has 3 heteroatoms. The Labute approximate surface area is 118 Å². The standard InChI is InChI=1S/C14H21BrClN/c1-14(2,3)8-7-13(17-4)10-5-6-11(15)12(16)9-10/h5-6,9,13,17H,7-8H2,1-4H3. The molecule has 1 aromatic carbocycles. The van der Waals surface area contributed by atoms with Gasteiger partial charge in [-0.3, -0.25) is 0 Å². The lowest BCUT2D eigenvalue weighted by Crippen LogP contribution is -2.19. The SMILES string of the molecule is CNC(CCC(C)(C)C)c1ccc(Br)c(Cl)c1. The summed E-state index contributed by atoms with van der Waals surface area (Å²) in [5.41, 5.74) is 1.62. The molecule has 1 atom stereocenters. The van der Waals surface area contributed by atoms with Crippen molar-refractivity contribution in [1.82, 2.24) is 5.32 Å². The van der Waals surface area contributed by atoms with Gasteiger partial charge in [0.25, 0.3) is 0 Å². The molecule has 1 nitrogen and oxygen atoms in total. The lowest BCUT2D eigenvalue weighted by atomic mass is 9.87. The monoisotopic (exact) mass is 317 g/mol. The molecular weight excluding hydrogens is 298 g/mol. The minimum atomic E-state index is 0.369. The van der Waals surface area contributed by atoms with E-state index < -0.39 is 0 Å². The Morgan fingerprint density at radius 3 is 2.47 bits per heavy atom. The fourth-order valence-corrected chi connectivity index (χ4v) is 2.22. The van der Waals surface area contributed by atoms with Crippen LogP contribution in [0.5, 0.6) is 0 Å². The number of hydrogen-bond donors (Lipinski definition) is 1. The smallest absolute Gasteiger partial charge is 0.0551 e. The van der Waals surface area contributed by atoms with Crippen LogP contribution in [0.3, 0.4) is 0 Å². The Balaban J connectivity index is 2.76. The lowest BCUT2D eigenvalue weighted by Gasteiger charge is -2.23. The maximum atomic E-state index is 6.13. The van der Waals surface area contributed by atoms with Gasteiger partial charge in [0, 0.05) is 10.5 Å². The van der Waals surface area contributed by atoms with Crippen LogP contribution in [0.1, 0.15) is 45.2 Å². The van der Waals surface area contributed by atoms with Gasteiger partial charge in [0.05, 0.1) is 5.02 Å². The van der Waals surface area contributed by atoms with Gasteiger partial charge in [-0.2, -0.15) is 0 Å². The lowest BCUT2D eigenvalue weighted by molar-refractivity contribution is 0.338. The van der Waals surface area contributed by atoms with Crippen molar-refractivity contribution in [3.63, 3.8) is 0 Å². The van der Waals surface area contributed by atoms with Crippen LogP contribution in [0.2, 0.25) is 5.02 Å². The summed E-state index contributed by atoms with van der Waals surface area (Å²) in [6.45, 7) is 6.82. The summed E-state index contributed by atoms with van der Waals surface area (Å²) in [7, 11) is 2.00. The van der Waals surface area contributed by atoms with E-state index >= 15 is 0 Å². The van der Waals surface area contributed by atoms with E-state index in [1.54, 1.807) is 0 Å². The maximum Gasteiger partial charge on any atom is 0.0551 e. The molecule has 0 aliphatic carbocycles. The number of hydrogen-bond acceptors (Lipinski definition) is 1. The fraction of sp³-hybridized carbons (Fsp3) is 0.571. The Morgan fingerprint density at radius 1 is 1.35 bits per heavy atom. The molecule has 96 valence electrons. The molecule has 1 rings (SSSR count). The molecule has 0 saturated heterocycles. The van der Waals surface area contributed by atoms with Crippen molar-refractivity contribution < 1.29 is 0 Å². The predicted molar refractivity (Wildman–Crippen MR) is 79.6 cm³/mol. The normalized spacial score (nSPS) is 13.8. The van der Waals surface area contributed by atoms with Crippen molar-refractivity contribution in [3.8, 4) is 0 Å². The second-order valence-corrected chi connectivity index (χ2v) is 6.88. The van der Waals surface area contributed by atoms with Crippen molar-refractivity contribution in [1.29, 1.82) is 0 Å². The molecule has 0 heterocycles. The van der Waals surface area contributed by atoms with Gasteiger partial charge in [-0.25, -0.2) is 0 Å². The molecule has 0 saturated carbocycles. The van der Waals surface area contributed by atoms with Crippen LogP contribution in [-0.2, 0) is 0 Å². The van der Waals surface area contributed by atoms with E-state index in [-0.39, 0.29) is 0 Å². The van der Waals surface area contributed by atoms with E-state index in [9.17, 15) is 0 Å². The predicted octanol–water partition coefficient (Wildman–Crippen LogP) is 5.19. The van der Waals surface area contributed by atoms with Gasteiger partial charge in [0.2, 0.25) is 0 Å². The van der Waals surface area contributed by atoms with Gasteiger partial charge < -0.3 is 5.32 Å². The van der Waals surface area contributed by atoms with Crippen molar-refractivity contribution in [2.24, 2.45) is 5.41 Å². The average molecular weight is 319 g/mol. The zero-order valence-electron chi connectivity index (χ0n) is 11.0. The summed E-state index contributed by atoms with van der Waals surface area (Å²) in [6.07, 6.45) is 2.31. The molecule has 17 heavy (non-hydrogen) atoms. The Kier molecular flexibility index (Phi) is 5.49. The minimum absolute atomic E-state index is 0.369. The van der Waals surface area contributed by atoms with Crippen LogP contribution in [0.25, 0.3) is 0 Å². The molecule has 1 aromatic rings. The van der Waals surface area contributed by atoms with Crippen molar-refractivity contribution in [2.75, 3.05) is 7.05 Å². The number of benzene rings is 1. The van der Waals surface area contributed by atoms with Gasteiger partial charge in [0.1, 0.15) is 0 Å². The highest BCUT2D eigenvalue weighted by atomic mass is 79.9. The Bertz CT molecular complexity index is 371. The van der Waals surface area contributed by atoms with Gasteiger partial charge >= 0.3 is 0 Å². The molecule has 0 fully saturated rings. The number of rotatable bonds is 4. The third-order valence-electron chi connectivity index (χ3n) is 2.88. The second-order valence-electron chi connectivity index (χ2n) is 5.61. The number of nitrogens with one attached hydrogen (secondary N) is 1. The summed E-state index contributed by atoms with van der Waals surface area (Å²) < 4.78 is 0.952. The van der Waals surface area contributed by atoms with Crippen molar-refractivity contribution in [2.45, 2.75) is 39.7 Å². The molecule has 0 bridgehead atoms. The van der Waals surface area contributed by atoms with Gasteiger partial charge in [-0.05, 0) is 58.9 Å². The number of halogens is 2. The highest BCUT2D eigenvalue weighted by Crippen LogP contribution is 2.30. The van der Waals surface area contributed by atoms with Crippen LogP contribution >= 0.6 is 27.5 Å². The van der Waals surface area contributed by atoms with Crippen LogP contribution in [0.4, 0.5) is 0 Å². The van der Waals surface area contributed by atoms with E-state index in [2.05, 4.69) is 48.1 Å². The molecule has 0 radical (unpaired) electrons. The topological polar surface area (TPSA) is 12.0 Å². The Morgan fingerprint density at radius 2 is 2.00 bits per heavy atom. The van der Waals surface area contributed by atoms with Crippen LogP contribution in [0.15, 0.2) is 22.7 Å². The first-order valence-electron chi connectivity index (χ1n) is 5.96. The summed E-state index contributed by atoms with van der Waals surface area (Å²) in [6, 6.07) is 6.55. The zero-order chi connectivity index (χ0) is 13.1. The van der Waals surface area contributed by atoms with E-state index in [0.717, 1.165) is 15.9 Å². The third kappa shape index (κ3) is 4.99. The Hall–Kier alpha value is -0.0500. The summed E-state index contributed by atoms with van der Waals surface area (Å²) in [5, 5.41) is 4.14. The van der Waals surface area contributed by atoms with Gasteiger partial charge in [-0.1, -0.05) is 38.4 Å². The molecule has 0 aromatic heterocycles. The second kappa shape index (κ2) is 6.21. The van der Waals surface area contributed by atoms with Crippen LogP contribution in [-0.4, -0.2) is 7.05 Å². The molecule has 0 aliphatic rings. The summed E-state index contributed by atoms with van der Waals surface area (Å²) >= 11 is 9.55. The maximum absolute atomic E-state index is 6.13. The first-order valence-corrected chi connectivity index (χ1v) is 7.13. The summed E-state index contributed by atoms with van der Waals surface area (Å²) in [4.78, 5) is 0. The molecule has 1 N–H and O–H groups in total. The van der Waals surface area contributed by atoms with Gasteiger partial charge in [0.15, 0.2) is 0 Å². The highest BCUT2D eigenvalue weighted by Gasteiger charge is 2.16. The molecular formula is C14H21BrClN. The zero-order valence-corrected chi connectivity index (χ0v) is 13.3. The quantitative estimate of drug-likeness (QED) is 0.805. The third-order valence-corrected chi connectivity index (χ3v) is 4.11. The van der Waals surface area contributed by atoms with E-state index in [1.807, 2.05) is 19.2 Å². The van der Waals surface area contributed by atoms with Crippen LogP contribution < -0.4 is 5.32 Å². The fourth-order valence-electron chi connectivity index (χ4n) is 1.78. The first kappa shape index (κ1) is 15.0. The first-order chi connectivity index (χ1) is 7.83. The highest BCUT2D eigenvalue weighted by molar-refractivity contribution is 9.10. The van der Waals surface area contributed by atoms with E-state index in [0.29, 0.717) is 11.5 Å².